The maximum atomic E-state index is 13.8. The van der Waals surface area contributed by atoms with Gasteiger partial charge in [0, 0.05) is 11.8 Å². The van der Waals surface area contributed by atoms with Crippen LogP contribution in [0.2, 0.25) is 5.02 Å². The van der Waals surface area contributed by atoms with E-state index in [1.807, 2.05) is 24.3 Å². The van der Waals surface area contributed by atoms with Crippen LogP contribution in [0.3, 0.4) is 0 Å². The van der Waals surface area contributed by atoms with Gasteiger partial charge in [0.2, 0.25) is 0 Å². The minimum atomic E-state index is -0.907. The summed E-state index contributed by atoms with van der Waals surface area (Å²) in [6, 6.07) is 14.0. The predicted molar refractivity (Wildman–Crippen MR) is 76.3 cm³/mol. The van der Waals surface area contributed by atoms with Gasteiger partial charge in [0.05, 0.1) is 5.02 Å². The van der Waals surface area contributed by atoms with Crippen molar-refractivity contribution in [3.05, 3.63) is 70.7 Å². The van der Waals surface area contributed by atoms with Gasteiger partial charge in [-0.2, -0.15) is 0 Å². The second-order valence-corrected chi connectivity index (χ2v) is 5.03. The van der Waals surface area contributed by atoms with Crippen LogP contribution < -0.4 is 0 Å². The van der Waals surface area contributed by atoms with E-state index in [0.717, 1.165) is 5.39 Å². The highest BCUT2D eigenvalue weighted by molar-refractivity contribution is 6.30. The summed E-state index contributed by atoms with van der Waals surface area (Å²) < 4.78 is 19.4. The van der Waals surface area contributed by atoms with Crippen LogP contribution >= 0.6 is 11.6 Å². The van der Waals surface area contributed by atoms with Crippen molar-refractivity contribution in [2.75, 3.05) is 0 Å². The molecule has 0 aliphatic rings. The molecule has 0 saturated carbocycles. The van der Waals surface area contributed by atoms with Gasteiger partial charge in [0.1, 0.15) is 23.3 Å². The topological polar surface area (TPSA) is 33.4 Å². The third kappa shape index (κ3) is 2.42. The van der Waals surface area contributed by atoms with E-state index in [0.29, 0.717) is 16.9 Å². The van der Waals surface area contributed by atoms with Crippen LogP contribution in [0.4, 0.5) is 4.39 Å². The Morgan fingerprint density at radius 2 is 1.95 bits per heavy atom. The monoisotopic (exact) mass is 290 g/mol. The molecule has 102 valence electrons. The number of fused-ring (bicyclic) bond motifs is 1. The van der Waals surface area contributed by atoms with Gasteiger partial charge < -0.3 is 9.52 Å². The lowest BCUT2D eigenvalue weighted by atomic mass is 10.1. The highest BCUT2D eigenvalue weighted by atomic mass is 35.5. The van der Waals surface area contributed by atoms with Crippen LogP contribution in [0.25, 0.3) is 11.0 Å². The average Bonchev–Trinajstić information content (AvgIpc) is 2.88. The van der Waals surface area contributed by atoms with Gasteiger partial charge in [0.25, 0.3) is 0 Å². The third-order valence-corrected chi connectivity index (χ3v) is 3.51. The van der Waals surface area contributed by atoms with Crippen molar-refractivity contribution in [1.29, 1.82) is 0 Å². The summed E-state index contributed by atoms with van der Waals surface area (Å²) in [5, 5.41) is 11.2. The molecule has 1 atom stereocenters. The van der Waals surface area contributed by atoms with Crippen LogP contribution in [-0.2, 0) is 6.42 Å². The van der Waals surface area contributed by atoms with E-state index in [-0.39, 0.29) is 11.4 Å². The van der Waals surface area contributed by atoms with Gasteiger partial charge in [-0.3, -0.25) is 0 Å². The van der Waals surface area contributed by atoms with Crippen molar-refractivity contribution in [3.63, 3.8) is 0 Å². The fraction of sp³-hybridized carbons (Fsp3) is 0.125. The van der Waals surface area contributed by atoms with Crippen molar-refractivity contribution in [1.82, 2.24) is 0 Å². The predicted octanol–water partition coefficient (Wildman–Crippen LogP) is 4.50. The zero-order valence-electron chi connectivity index (χ0n) is 10.5. The Balaban J connectivity index is 1.89. The zero-order valence-corrected chi connectivity index (χ0v) is 11.3. The Kier molecular flexibility index (Phi) is 3.47. The minimum absolute atomic E-state index is 0.0549. The maximum Gasteiger partial charge on any atom is 0.145 e. The van der Waals surface area contributed by atoms with Crippen molar-refractivity contribution in [3.8, 4) is 0 Å². The van der Waals surface area contributed by atoms with Gasteiger partial charge in [-0.25, -0.2) is 4.39 Å². The molecule has 3 aromatic rings. The lowest BCUT2D eigenvalue weighted by molar-refractivity contribution is 0.151. The molecule has 1 heterocycles. The first kappa shape index (κ1) is 13.2. The Bertz CT molecular complexity index is 718. The lowest BCUT2D eigenvalue weighted by Gasteiger charge is -2.09. The molecule has 0 saturated heterocycles. The second kappa shape index (κ2) is 5.27. The van der Waals surface area contributed by atoms with E-state index >= 15 is 0 Å². The zero-order chi connectivity index (χ0) is 14.1. The van der Waals surface area contributed by atoms with Crippen LogP contribution in [-0.4, -0.2) is 5.11 Å². The second-order valence-electron chi connectivity index (χ2n) is 4.62. The molecule has 0 spiro atoms. The molecule has 0 amide bonds. The molecule has 0 radical (unpaired) electrons. The Hall–Kier alpha value is -1.84. The number of halogens is 2. The van der Waals surface area contributed by atoms with Crippen LogP contribution in [0.5, 0.6) is 0 Å². The minimum Gasteiger partial charge on any atom is -0.458 e. The Morgan fingerprint density at radius 3 is 2.75 bits per heavy atom. The van der Waals surface area contributed by atoms with Crippen molar-refractivity contribution >= 4 is 22.6 Å². The van der Waals surface area contributed by atoms with Crippen molar-refractivity contribution < 1.29 is 13.9 Å². The molecular weight excluding hydrogens is 279 g/mol. The van der Waals surface area contributed by atoms with Gasteiger partial charge in [-0.1, -0.05) is 41.9 Å². The summed E-state index contributed by atoms with van der Waals surface area (Å²) in [7, 11) is 0. The molecule has 3 rings (SSSR count). The molecule has 4 heteroatoms. The molecule has 0 bridgehead atoms. The molecule has 0 aliphatic carbocycles. The van der Waals surface area contributed by atoms with Crippen molar-refractivity contribution in [2.45, 2.75) is 12.5 Å². The normalized spacial score (nSPS) is 12.8. The molecule has 2 aromatic carbocycles. The molecule has 20 heavy (non-hydrogen) atoms. The average molecular weight is 291 g/mol. The number of benzene rings is 2. The van der Waals surface area contributed by atoms with Gasteiger partial charge in [-0.05, 0) is 23.8 Å². The molecular formula is C16H12ClFO2. The van der Waals surface area contributed by atoms with E-state index in [9.17, 15) is 9.50 Å². The number of para-hydroxylation sites is 1. The number of furan rings is 1. The molecule has 1 aromatic heterocycles. The van der Waals surface area contributed by atoms with Gasteiger partial charge >= 0.3 is 0 Å². The summed E-state index contributed by atoms with van der Waals surface area (Å²) in [6.45, 7) is 0. The number of hydrogen-bond donors (Lipinski definition) is 1. The third-order valence-electron chi connectivity index (χ3n) is 3.22. The van der Waals surface area contributed by atoms with Crippen LogP contribution in [0.15, 0.2) is 52.9 Å². The van der Waals surface area contributed by atoms with Crippen molar-refractivity contribution in [2.24, 2.45) is 0 Å². The summed E-state index contributed by atoms with van der Waals surface area (Å²) in [4.78, 5) is 0. The summed E-state index contributed by atoms with van der Waals surface area (Å²) in [5.74, 6) is -0.0742. The molecule has 0 fully saturated rings. The summed E-state index contributed by atoms with van der Waals surface area (Å²) in [5.41, 5.74) is 1.07. The van der Waals surface area contributed by atoms with Gasteiger partial charge in [0.15, 0.2) is 0 Å². The quantitative estimate of drug-likeness (QED) is 0.770. The largest absolute Gasteiger partial charge is 0.458 e. The molecule has 1 unspecified atom stereocenters. The first-order valence-electron chi connectivity index (χ1n) is 6.24. The van der Waals surface area contributed by atoms with E-state index in [1.54, 1.807) is 18.2 Å². The van der Waals surface area contributed by atoms with E-state index in [4.69, 9.17) is 16.0 Å². The Morgan fingerprint density at radius 1 is 1.15 bits per heavy atom. The summed E-state index contributed by atoms with van der Waals surface area (Å²) in [6.07, 6.45) is -0.790. The number of hydrogen-bond acceptors (Lipinski definition) is 2. The number of aliphatic hydroxyl groups is 1. The van der Waals surface area contributed by atoms with Crippen LogP contribution in [0.1, 0.15) is 17.4 Å². The summed E-state index contributed by atoms with van der Waals surface area (Å²) >= 11 is 5.73. The Labute approximate surface area is 120 Å². The first-order chi connectivity index (χ1) is 9.65. The molecule has 0 aliphatic heterocycles. The number of rotatable bonds is 3. The first-order valence-corrected chi connectivity index (χ1v) is 6.62. The maximum absolute atomic E-state index is 13.8. The number of aliphatic hydroxyl groups excluding tert-OH is 1. The molecule has 2 nitrogen and oxygen atoms in total. The van der Waals surface area contributed by atoms with Gasteiger partial charge in [-0.15, -0.1) is 0 Å². The fourth-order valence-corrected chi connectivity index (χ4v) is 2.38. The molecule has 1 N–H and O–H groups in total. The fourth-order valence-electron chi connectivity index (χ4n) is 2.18. The van der Waals surface area contributed by atoms with Crippen LogP contribution in [0, 0.1) is 5.82 Å². The SMILES string of the molecule is OC(Cc1cccc(Cl)c1F)c1cc2ccccc2o1. The smallest absolute Gasteiger partial charge is 0.145 e. The van der Waals surface area contributed by atoms with E-state index in [2.05, 4.69) is 0 Å². The highest BCUT2D eigenvalue weighted by Gasteiger charge is 2.17. The lowest BCUT2D eigenvalue weighted by Crippen LogP contribution is -2.02. The highest BCUT2D eigenvalue weighted by Crippen LogP contribution is 2.28. The standard InChI is InChI=1S/C16H12ClFO2/c17-12-6-3-5-11(16(12)18)8-13(19)15-9-10-4-1-2-7-14(10)20-15/h1-7,9,13,19H,8H2. The van der Waals surface area contributed by atoms with E-state index in [1.165, 1.54) is 6.07 Å². The van der Waals surface area contributed by atoms with E-state index < -0.39 is 11.9 Å².